The smallest absolute Gasteiger partial charge is 0.244 e. The molecule has 11 heteroatoms. The van der Waals surface area contributed by atoms with Crippen molar-refractivity contribution < 1.29 is 27.5 Å². The maximum atomic E-state index is 14.0. The molecule has 9 nitrogen and oxygen atoms in total. The number of sulfonamides is 1. The Morgan fingerprint density at radius 3 is 2.41 bits per heavy atom. The van der Waals surface area contributed by atoms with Crippen molar-refractivity contribution in [3.63, 3.8) is 0 Å². The van der Waals surface area contributed by atoms with E-state index in [0.717, 1.165) is 30.0 Å². The van der Waals surface area contributed by atoms with Gasteiger partial charge in [-0.25, -0.2) is 8.42 Å². The molecule has 212 valence electrons. The molecule has 2 aromatic rings. The number of halogens is 1. The topological polar surface area (TPSA) is 105 Å². The molecule has 4 rings (SSSR count). The molecule has 0 bridgehead atoms. The molecule has 0 radical (unpaired) electrons. The fourth-order valence-corrected chi connectivity index (χ4v) is 6.25. The molecule has 1 aliphatic carbocycles. The summed E-state index contributed by atoms with van der Waals surface area (Å²) in [6.45, 7) is 3.70. The van der Waals surface area contributed by atoms with Crippen LogP contribution in [0.25, 0.3) is 0 Å². The normalized spacial score (nSPS) is 16.0. The number of nitrogens with zero attached hydrogens (tertiary/aromatic N) is 2. The molecule has 1 saturated carbocycles. The highest BCUT2D eigenvalue weighted by Gasteiger charge is 2.34. The largest absolute Gasteiger partial charge is 0.486 e. The van der Waals surface area contributed by atoms with Gasteiger partial charge in [0.25, 0.3) is 0 Å². The molecule has 39 heavy (non-hydrogen) atoms. The lowest BCUT2D eigenvalue weighted by Gasteiger charge is -2.34. The second-order valence-corrected chi connectivity index (χ2v) is 12.4. The monoisotopic (exact) mass is 577 g/mol. The van der Waals surface area contributed by atoms with Gasteiger partial charge in [-0.15, -0.1) is 0 Å². The SMILES string of the molecule is CC[C@H](C(=O)NC1CCCC1)N(Cc1ccccc1Cl)C(=O)CN(c1ccc2c(c1)OCCO2)S(=O)(=O)CC. The molecule has 2 aliphatic rings. The third-order valence-corrected chi connectivity index (χ3v) is 9.29. The summed E-state index contributed by atoms with van der Waals surface area (Å²) in [7, 11) is -3.86. The number of carbonyl (C=O) groups excluding carboxylic acids is 2. The van der Waals surface area contributed by atoms with E-state index in [-0.39, 0.29) is 29.9 Å². The van der Waals surface area contributed by atoms with Crippen LogP contribution >= 0.6 is 11.6 Å². The number of anilines is 1. The van der Waals surface area contributed by atoms with Crippen LogP contribution in [0.5, 0.6) is 11.5 Å². The van der Waals surface area contributed by atoms with Crippen LogP contribution in [0.4, 0.5) is 5.69 Å². The van der Waals surface area contributed by atoms with Crippen LogP contribution < -0.4 is 19.1 Å². The first-order valence-corrected chi connectivity index (χ1v) is 15.5. The van der Waals surface area contributed by atoms with E-state index in [1.807, 2.05) is 13.0 Å². The van der Waals surface area contributed by atoms with E-state index < -0.39 is 28.5 Å². The van der Waals surface area contributed by atoms with Crippen molar-refractivity contribution in [2.24, 2.45) is 0 Å². The first kappa shape index (κ1) is 29.0. The highest BCUT2D eigenvalue weighted by Crippen LogP contribution is 2.35. The average molecular weight is 578 g/mol. The molecule has 0 saturated heterocycles. The lowest BCUT2D eigenvalue weighted by atomic mass is 10.1. The summed E-state index contributed by atoms with van der Waals surface area (Å²) in [6.07, 6.45) is 4.30. The third kappa shape index (κ3) is 6.97. The Balaban J connectivity index is 1.66. The summed E-state index contributed by atoms with van der Waals surface area (Å²) in [4.78, 5) is 28.8. The Kier molecular flexibility index (Phi) is 9.61. The Morgan fingerprint density at radius 1 is 1.05 bits per heavy atom. The van der Waals surface area contributed by atoms with Crippen LogP contribution in [0.2, 0.25) is 5.02 Å². The van der Waals surface area contributed by atoms with Crippen molar-refractivity contribution >= 4 is 39.1 Å². The molecule has 1 atom stereocenters. The predicted octanol–water partition coefficient (Wildman–Crippen LogP) is 4.13. The third-order valence-electron chi connectivity index (χ3n) is 7.18. The van der Waals surface area contributed by atoms with Crippen LogP contribution in [-0.2, 0) is 26.2 Å². The van der Waals surface area contributed by atoms with Crippen LogP contribution in [0.3, 0.4) is 0 Å². The molecule has 2 aromatic carbocycles. The number of fused-ring (bicyclic) bond motifs is 1. The quantitative estimate of drug-likeness (QED) is 0.430. The number of benzene rings is 2. The second kappa shape index (κ2) is 12.9. The van der Waals surface area contributed by atoms with E-state index in [0.29, 0.717) is 41.7 Å². The molecule has 2 amide bonds. The van der Waals surface area contributed by atoms with Gasteiger partial charge in [0.15, 0.2) is 11.5 Å². The summed E-state index contributed by atoms with van der Waals surface area (Å²) in [5.41, 5.74) is 0.958. The Bertz CT molecular complexity index is 1280. The minimum atomic E-state index is -3.86. The summed E-state index contributed by atoms with van der Waals surface area (Å²) in [6, 6.07) is 11.2. The first-order chi connectivity index (χ1) is 18.7. The van der Waals surface area contributed by atoms with E-state index in [9.17, 15) is 18.0 Å². The summed E-state index contributed by atoms with van der Waals surface area (Å²) < 4.78 is 38.7. The van der Waals surface area contributed by atoms with E-state index in [4.69, 9.17) is 21.1 Å². The molecule has 1 N–H and O–H groups in total. The zero-order valence-electron chi connectivity index (χ0n) is 22.4. The van der Waals surface area contributed by atoms with Crippen molar-refractivity contribution in [1.82, 2.24) is 10.2 Å². The number of nitrogens with one attached hydrogen (secondary N) is 1. The molecule has 0 unspecified atom stereocenters. The van der Waals surface area contributed by atoms with Gasteiger partial charge >= 0.3 is 0 Å². The van der Waals surface area contributed by atoms with Gasteiger partial charge in [-0.3, -0.25) is 13.9 Å². The summed E-state index contributed by atoms with van der Waals surface area (Å²) in [5, 5.41) is 3.56. The molecule has 1 aliphatic heterocycles. The Hall–Kier alpha value is -2.98. The summed E-state index contributed by atoms with van der Waals surface area (Å²) >= 11 is 6.43. The Morgan fingerprint density at radius 2 is 1.74 bits per heavy atom. The molecule has 0 aromatic heterocycles. The van der Waals surface area contributed by atoms with E-state index in [2.05, 4.69) is 5.32 Å². The number of carbonyl (C=O) groups is 2. The fourth-order valence-electron chi connectivity index (χ4n) is 5.00. The predicted molar refractivity (Wildman–Crippen MR) is 151 cm³/mol. The minimum Gasteiger partial charge on any atom is -0.486 e. The zero-order chi connectivity index (χ0) is 28.0. The van der Waals surface area contributed by atoms with E-state index in [1.165, 1.54) is 11.8 Å². The second-order valence-electron chi connectivity index (χ2n) is 9.76. The zero-order valence-corrected chi connectivity index (χ0v) is 24.0. The average Bonchev–Trinajstić information content (AvgIpc) is 3.45. The van der Waals surface area contributed by atoms with Gasteiger partial charge in [0.2, 0.25) is 21.8 Å². The maximum absolute atomic E-state index is 14.0. The van der Waals surface area contributed by atoms with Gasteiger partial charge in [0, 0.05) is 23.7 Å². The van der Waals surface area contributed by atoms with Gasteiger partial charge in [0.1, 0.15) is 25.8 Å². The van der Waals surface area contributed by atoms with E-state index in [1.54, 1.807) is 36.4 Å². The van der Waals surface area contributed by atoms with E-state index >= 15 is 0 Å². The number of hydrogen-bond donors (Lipinski definition) is 1. The highest BCUT2D eigenvalue weighted by atomic mass is 35.5. The summed E-state index contributed by atoms with van der Waals surface area (Å²) in [5.74, 6) is -0.0271. The van der Waals surface area contributed by atoms with Crippen molar-refractivity contribution in [3.05, 3.63) is 53.1 Å². The lowest BCUT2D eigenvalue weighted by Crippen LogP contribution is -2.53. The van der Waals surface area contributed by atoms with Gasteiger partial charge < -0.3 is 19.7 Å². The highest BCUT2D eigenvalue weighted by molar-refractivity contribution is 7.92. The molecule has 1 fully saturated rings. The number of ether oxygens (including phenoxy) is 2. The van der Waals surface area contributed by atoms with Crippen molar-refractivity contribution in [2.75, 3.05) is 29.8 Å². The van der Waals surface area contributed by atoms with Crippen LogP contribution in [-0.4, -0.2) is 62.7 Å². The first-order valence-electron chi connectivity index (χ1n) is 13.5. The standard InChI is InChI=1S/C28H36ClN3O6S/c1-3-24(28(34)30-21-10-6-7-11-21)31(18-20-9-5-8-12-23(20)29)27(33)19-32(39(35,36)4-2)22-13-14-25-26(17-22)38-16-15-37-25/h5,8-9,12-14,17,21,24H,3-4,6-7,10-11,15-16,18-19H2,1-2H3,(H,30,34)/t24-/m1/s1. The molecule has 1 heterocycles. The molecular formula is C28H36ClN3O6S. The minimum absolute atomic E-state index is 0.0657. The Labute approximate surface area is 235 Å². The van der Waals surface area contributed by atoms with Crippen LogP contribution in [0, 0.1) is 0 Å². The van der Waals surface area contributed by atoms with Crippen molar-refractivity contribution in [1.29, 1.82) is 0 Å². The lowest BCUT2D eigenvalue weighted by molar-refractivity contribution is -0.140. The van der Waals surface area contributed by atoms with Gasteiger partial charge in [-0.2, -0.15) is 0 Å². The molecular weight excluding hydrogens is 542 g/mol. The maximum Gasteiger partial charge on any atom is 0.244 e. The number of hydrogen-bond acceptors (Lipinski definition) is 6. The van der Waals surface area contributed by atoms with Gasteiger partial charge in [-0.1, -0.05) is 49.6 Å². The van der Waals surface area contributed by atoms with Crippen LogP contribution in [0.15, 0.2) is 42.5 Å². The number of amides is 2. The molecule has 0 spiro atoms. The van der Waals surface area contributed by atoms with Crippen molar-refractivity contribution in [3.8, 4) is 11.5 Å². The van der Waals surface area contributed by atoms with Gasteiger partial charge in [0.05, 0.1) is 11.4 Å². The number of rotatable bonds is 11. The van der Waals surface area contributed by atoms with Crippen molar-refractivity contribution in [2.45, 2.75) is 64.6 Å². The van der Waals surface area contributed by atoms with Gasteiger partial charge in [-0.05, 0) is 49.9 Å². The van der Waals surface area contributed by atoms with Crippen LogP contribution in [0.1, 0.15) is 51.5 Å². The fraction of sp³-hybridized carbons (Fsp3) is 0.500.